The van der Waals surface area contributed by atoms with Crippen LogP contribution >= 0.6 is 0 Å². The Kier molecular flexibility index (Phi) is 8.95. The zero-order valence-electron chi connectivity index (χ0n) is 11.6. The van der Waals surface area contributed by atoms with Gasteiger partial charge in [0, 0.05) is 0 Å². The van der Waals surface area contributed by atoms with E-state index in [4.69, 9.17) is 21.7 Å². The third-order valence-electron chi connectivity index (χ3n) is 1.61. The maximum Gasteiger partial charge on any atom is 0.334 e. The molecule has 6 N–H and O–H groups in total. The van der Waals surface area contributed by atoms with Crippen molar-refractivity contribution in [3.05, 3.63) is 0 Å². The summed E-state index contributed by atoms with van der Waals surface area (Å²) in [4.78, 5) is 31.3. The van der Waals surface area contributed by atoms with Gasteiger partial charge >= 0.3 is 11.9 Å². The number of ether oxygens (including phenoxy) is 2. The molecule has 0 aromatic carbocycles. The minimum Gasteiger partial charge on any atom is -0.467 e. The van der Waals surface area contributed by atoms with Crippen LogP contribution in [0.4, 0.5) is 0 Å². The average molecular weight is 306 g/mol. The van der Waals surface area contributed by atoms with Crippen molar-refractivity contribution in [2.45, 2.75) is 6.92 Å². The van der Waals surface area contributed by atoms with E-state index in [1.807, 2.05) is 0 Å². The largest absolute Gasteiger partial charge is 0.467 e. The van der Waals surface area contributed by atoms with Gasteiger partial charge in [-0.15, -0.1) is 5.10 Å². The van der Waals surface area contributed by atoms with Crippen LogP contribution in [0.2, 0.25) is 0 Å². The number of nitrogens with zero attached hydrogens (tertiary/aromatic N) is 2. The van der Waals surface area contributed by atoms with E-state index in [9.17, 15) is 9.59 Å². The molecular formula is C9H18N6O6. The van der Waals surface area contributed by atoms with Gasteiger partial charge < -0.3 is 20.9 Å². The van der Waals surface area contributed by atoms with Gasteiger partial charge in [0.05, 0.1) is 13.7 Å². The van der Waals surface area contributed by atoms with E-state index < -0.39 is 31.1 Å². The topological polar surface area (TPSA) is 175 Å². The Balaban J connectivity index is 4.29. The number of carbonyl (C=O) groups excluding carboxylic acids is 2. The van der Waals surface area contributed by atoms with Gasteiger partial charge in [-0.3, -0.25) is 10.2 Å². The lowest BCUT2D eigenvalue weighted by Gasteiger charge is -2.16. The van der Waals surface area contributed by atoms with Crippen molar-refractivity contribution in [1.82, 2.24) is 10.7 Å². The van der Waals surface area contributed by atoms with E-state index in [-0.39, 0.29) is 12.6 Å². The molecule has 0 aromatic heterocycles. The van der Waals surface area contributed by atoms with Gasteiger partial charge in [0.1, 0.15) is 0 Å². The third-order valence-corrected chi connectivity index (χ3v) is 1.61. The fourth-order valence-corrected chi connectivity index (χ4v) is 0.815. The molecule has 0 spiro atoms. The Hall–Kier alpha value is -2.60. The third kappa shape index (κ3) is 9.01. The molecule has 0 unspecified atom stereocenters. The smallest absolute Gasteiger partial charge is 0.334 e. The summed E-state index contributed by atoms with van der Waals surface area (Å²) in [6, 6.07) is 0. The average Bonchev–Trinajstić information content (AvgIpc) is 2.42. The van der Waals surface area contributed by atoms with Crippen molar-refractivity contribution < 1.29 is 28.7 Å². The standard InChI is InChI=1S/C9H18N6O6/c1-3-19-7(17)4-20-14-9(12)13-15(8(10)11)21-5-6(16)18-2/h3-5H2,1-2H3,(H3,10,11)(H3,12,13,14). The van der Waals surface area contributed by atoms with Crippen molar-refractivity contribution >= 4 is 23.9 Å². The van der Waals surface area contributed by atoms with E-state index in [0.717, 1.165) is 7.11 Å². The fourth-order valence-electron chi connectivity index (χ4n) is 0.815. The first-order chi connectivity index (χ1) is 9.90. The first-order valence-corrected chi connectivity index (χ1v) is 5.62. The van der Waals surface area contributed by atoms with Crippen LogP contribution in [0.3, 0.4) is 0 Å². The zero-order valence-corrected chi connectivity index (χ0v) is 11.6. The molecular weight excluding hydrogens is 288 g/mol. The molecule has 0 aliphatic carbocycles. The summed E-state index contributed by atoms with van der Waals surface area (Å²) < 4.78 is 8.92. The second kappa shape index (κ2) is 10.2. The Labute approximate surface area is 120 Å². The Morgan fingerprint density at radius 3 is 2.48 bits per heavy atom. The molecule has 12 heteroatoms. The normalized spacial score (nSPS) is 10.7. The lowest BCUT2D eigenvalue weighted by atomic mass is 10.7. The predicted molar refractivity (Wildman–Crippen MR) is 69.1 cm³/mol. The van der Waals surface area contributed by atoms with E-state index in [1.165, 1.54) is 0 Å². The highest BCUT2D eigenvalue weighted by Gasteiger charge is 2.11. The quantitative estimate of drug-likeness (QED) is 0.164. The molecule has 0 atom stereocenters. The van der Waals surface area contributed by atoms with Gasteiger partial charge in [-0.1, -0.05) is 5.17 Å². The van der Waals surface area contributed by atoms with Crippen LogP contribution in [-0.2, 0) is 28.7 Å². The summed E-state index contributed by atoms with van der Waals surface area (Å²) in [7, 11) is 1.16. The van der Waals surface area contributed by atoms with Crippen molar-refractivity contribution in [1.29, 1.82) is 5.41 Å². The maximum atomic E-state index is 11.0. The molecule has 0 saturated heterocycles. The number of methoxy groups -OCH3 is 1. The number of carbonyl (C=O) groups is 2. The summed E-state index contributed by atoms with van der Waals surface area (Å²) in [5.74, 6) is -2.34. The van der Waals surface area contributed by atoms with Crippen LogP contribution < -0.4 is 16.9 Å². The second-order valence-corrected chi connectivity index (χ2v) is 3.19. The molecule has 12 nitrogen and oxygen atoms in total. The van der Waals surface area contributed by atoms with Crippen LogP contribution in [0.15, 0.2) is 5.10 Å². The molecule has 0 aliphatic heterocycles. The number of guanidine groups is 2. The Morgan fingerprint density at radius 1 is 1.29 bits per heavy atom. The van der Waals surface area contributed by atoms with Gasteiger partial charge in [0.15, 0.2) is 13.2 Å². The maximum absolute atomic E-state index is 11.0. The minimum atomic E-state index is -0.707. The minimum absolute atomic E-state index is 0.214. The van der Waals surface area contributed by atoms with E-state index in [0.29, 0.717) is 5.17 Å². The van der Waals surface area contributed by atoms with Gasteiger partial charge in [-0.2, -0.15) is 0 Å². The summed E-state index contributed by atoms with van der Waals surface area (Å²) >= 11 is 0. The number of hydrogen-bond acceptors (Lipinski definition) is 8. The highest BCUT2D eigenvalue weighted by atomic mass is 16.7. The molecule has 0 fully saturated rings. The molecule has 21 heavy (non-hydrogen) atoms. The highest BCUT2D eigenvalue weighted by Crippen LogP contribution is 1.91. The van der Waals surface area contributed by atoms with Crippen molar-refractivity contribution in [2.24, 2.45) is 16.6 Å². The first kappa shape index (κ1) is 18.4. The molecule has 0 bridgehead atoms. The summed E-state index contributed by atoms with van der Waals surface area (Å²) in [5, 5.41) is 11.1. The van der Waals surface area contributed by atoms with Gasteiger partial charge in [0.2, 0.25) is 11.9 Å². The zero-order chi connectivity index (χ0) is 16.3. The summed E-state index contributed by atoms with van der Waals surface area (Å²) in [5.41, 5.74) is 12.6. The first-order valence-electron chi connectivity index (χ1n) is 5.62. The fraction of sp³-hybridized carbons (Fsp3) is 0.556. The molecule has 0 aromatic rings. The van der Waals surface area contributed by atoms with Crippen LogP contribution in [0.1, 0.15) is 6.92 Å². The summed E-state index contributed by atoms with van der Waals surface area (Å²) in [6.45, 7) is 0.916. The molecule has 0 rings (SSSR count). The Bertz CT molecular complexity index is 400. The van der Waals surface area contributed by atoms with Crippen LogP contribution in [0.5, 0.6) is 0 Å². The van der Waals surface area contributed by atoms with Crippen LogP contribution in [0, 0.1) is 5.41 Å². The summed E-state index contributed by atoms with van der Waals surface area (Å²) in [6.07, 6.45) is 0. The van der Waals surface area contributed by atoms with E-state index in [2.05, 4.69) is 24.9 Å². The lowest BCUT2D eigenvalue weighted by molar-refractivity contribution is -0.163. The number of rotatable bonds is 8. The number of hydrogen-bond donors (Lipinski definition) is 4. The molecule has 0 amide bonds. The SMILES string of the molecule is CCOC(=O)CONC(N)=NN(OCC(=O)OC)C(=N)N. The lowest BCUT2D eigenvalue weighted by Crippen LogP contribution is -2.40. The van der Waals surface area contributed by atoms with Crippen molar-refractivity contribution in [2.75, 3.05) is 26.9 Å². The van der Waals surface area contributed by atoms with E-state index >= 15 is 0 Å². The van der Waals surface area contributed by atoms with Gasteiger partial charge in [-0.05, 0) is 6.92 Å². The second-order valence-electron chi connectivity index (χ2n) is 3.19. The van der Waals surface area contributed by atoms with Crippen LogP contribution in [-0.4, -0.2) is 56.0 Å². The predicted octanol–water partition coefficient (Wildman–Crippen LogP) is -2.40. The van der Waals surface area contributed by atoms with Crippen molar-refractivity contribution in [3.8, 4) is 0 Å². The number of nitrogens with two attached hydrogens (primary N) is 2. The monoisotopic (exact) mass is 306 g/mol. The van der Waals surface area contributed by atoms with Crippen molar-refractivity contribution in [3.63, 3.8) is 0 Å². The Morgan fingerprint density at radius 2 is 1.95 bits per heavy atom. The molecule has 0 radical (unpaired) electrons. The number of nitrogens with one attached hydrogen (secondary N) is 2. The van der Waals surface area contributed by atoms with Gasteiger partial charge in [-0.25, -0.2) is 19.9 Å². The van der Waals surface area contributed by atoms with Crippen LogP contribution in [0.25, 0.3) is 0 Å². The number of hydroxylamine groups is 2. The van der Waals surface area contributed by atoms with Gasteiger partial charge in [0.25, 0.3) is 0 Å². The molecule has 0 saturated carbocycles. The number of hydrazone groups is 1. The molecule has 0 aliphatic rings. The molecule has 120 valence electrons. The highest BCUT2D eigenvalue weighted by molar-refractivity contribution is 5.80. The molecule has 0 heterocycles. The number of esters is 2. The van der Waals surface area contributed by atoms with E-state index in [1.54, 1.807) is 6.92 Å².